The molecule has 0 heterocycles. The molecule has 0 aromatic rings. The van der Waals surface area contributed by atoms with Crippen LogP contribution >= 0.6 is 0 Å². The molecule has 1 amide bonds. The highest BCUT2D eigenvalue weighted by Crippen LogP contribution is 2.32. The molecule has 0 unspecified atom stereocenters. The molecule has 1 rings (SSSR count). The Hall–Kier alpha value is -1.26. The van der Waals surface area contributed by atoms with Crippen molar-refractivity contribution in [3.05, 3.63) is 0 Å². The zero-order chi connectivity index (χ0) is 10.8. The molecule has 80 valence electrons. The maximum absolute atomic E-state index is 11.2. The largest absolute Gasteiger partial charge is 0.480 e. The summed E-state index contributed by atoms with van der Waals surface area (Å²) in [6, 6.07) is 0. The van der Waals surface area contributed by atoms with Crippen LogP contribution in [0.5, 0.6) is 0 Å². The Labute approximate surface area is 82.4 Å². The Bertz CT molecular complexity index is 245. The summed E-state index contributed by atoms with van der Waals surface area (Å²) in [5.74, 6) is -0.982. The Morgan fingerprint density at radius 3 is 2.29 bits per heavy atom. The van der Waals surface area contributed by atoms with E-state index in [9.17, 15) is 9.59 Å². The fourth-order valence-electron chi connectivity index (χ4n) is 1.36. The highest BCUT2D eigenvalue weighted by molar-refractivity contribution is 5.85. The maximum Gasteiger partial charge on any atom is 0.408 e. The molecule has 0 aliphatic heterocycles. The number of rotatable bonds is 3. The third-order valence-corrected chi connectivity index (χ3v) is 2.30. The molecule has 0 bridgehead atoms. The number of ether oxygens (including phenoxy) is 1. The third kappa shape index (κ3) is 2.16. The third-order valence-electron chi connectivity index (χ3n) is 2.30. The van der Waals surface area contributed by atoms with E-state index in [1.807, 2.05) is 0 Å². The van der Waals surface area contributed by atoms with E-state index >= 15 is 0 Å². The van der Waals surface area contributed by atoms with Gasteiger partial charge in [-0.25, -0.2) is 9.59 Å². The molecule has 0 aromatic carbocycles. The number of carbonyl (C=O) groups is 2. The molecule has 1 fully saturated rings. The second-order valence-corrected chi connectivity index (χ2v) is 3.82. The number of carbonyl (C=O) groups excluding carboxylic acids is 1. The molecule has 0 spiro atoms. The van der Waals surface area contributed by atoms with Gasteiger partial charge in [0.1, 0.15) is 5.54 Å². The fraction of sp³-hybridized carbons (Fsp3) is 0.778. The van der Waals surface area contributed by atoms with Crippen molar-refractivity contribution in [2.24, 2.45) is 0 Å². The molecule has 1 saturated carbocycles. The van der Waals surface area contributed by atoms with Gasteiger partial charge < -0.3 is 15.2 Å². The Kier molecular flexibility index (Phi) is 2.98. The Morgan fingerprint density at radius 1 is 1.43 bits per heavy atom. The van der Waals surface area contributed by atoms with E-state index in [2.05, 4.69) is 5.32 Å². The van der Waals surface area contributed by atoms with Crippen LogP contribution in [0.3, 0.4) is 0 Å². The second-order valence-electron chi connectivity index (χ2n) is 3.82. The summed E-state index contributed by atoms with van der Waals surface area (Å²) in [5.41, 5.74) is -1.08. The minimum Gasteiger partial charge on any atom is -0.480 e. The van der Waals surface area contributed by atoms with Crippen LogP contribution in [-0.4, -0.2) is 28.8 Å². The number of carboxylic acid groups (broad SMARTS) is 1. The van der Waals surface area contributed by atoms with Crippen LogP contribution in [-0.2, 0) is 9.53 Å². The van der Waals surface area contributed by atoms with Gasteiger partial charge in [-0.15, -0.1) is 0 Å². The van der Waals surface area contributed by atoms with Crippen molar-refractivity contribution in [1.82, 2.24) is 5.32 Å². The van der Waals surface area contributed by atoms with Crippen LogP contribution in [0.15, 0.2) is 0 Å². The maximum atomic E-state index is 11.2. The number of hydrogen-bond donors (Lipinski definition) is 2. The molecule has 0 radical (unpaired) electrons. The molecule has 2 N–H and O–H groups in total. The van der Waals surface area contributed by atoms with E-state index in [1.165, 1.54) is 0 Å². The molecule has 0 saturated heterocycles. The van der Waals surface area contributed by atoms with Gasteiger partial charge in [-0.3, -0.25) is 0 Å². The summed E-state index contributed by atoms with van der Waals surface area (Å²) in [7, 11) is 0. The lowest BCUT2D eigenvalue weighted by molar-refractivity contribution is -0.148. The molecule has 14 heavy (non-hydrogen) atoms. The van der Waals surface area contributed by atoms with E-state index in [4.69, 9.17) is 9.84 Å². The summed E-state index contributed by atoms with van der Waals surface area (Å²) < 4.78 is 4.82. The summed E-state index contributed by atoms with van der Waals surface area (Å²) in [4.78, 5) is 22.0. The van der Waals surface area contributed by atoms with Crippen molar-refractivity contribution >= 4 is 12.1 Å². The molecule has 0 atom stereocenters. The average Bonchev–Trinajstić information content (AvgIpc) is 1.94. The molecule has 5 nitrogen and oxygen atoms in total. The second kappa shape index (κ2) is 3.86. The van der Waals surface area contributed by atoms with Gasteiger partial charge in [-0.1, -0.05) is 0 Å². The number of aliphatic carboxylic acids is 1. The van der Waals surface area contributed by atoms with Gasteiger partial charge in [-0.05, 0) is 33.1 Å². The summed E-state index contributed by atoms with van der Waals surface area (Å²) >= 11 is 0. The molecule has 1 aliphatic rings. The van der Waals surface area contributed by atoms with Crippen molar-refractivity contribution in [3.8, 4) is 0 Å². The molecule has 1 aliphatic carbocycles. The van der Waals surface area contributed by atoms with Crippen LogP contribution in [0.1, 0.15) is 33.1 Å². The molecular formula is C9H15NO4. The van der Waals surface area contributed by atoms with Gasteiger partial charge in [0, 0.05) is 0 Å². The lowest BCUT2D eigenvalue weighted by Gasteiger charge is -2.37. The molecular weight excluding hydrogens is 186 g/mol. The number of nitrogens with one attached hydrogen (secondary N) is 1. The van der Waals surface area contributed by atoms with E-state index in [1.54, 1.807) is 13.8 Å². The lowest BCUT2D eigenvalue weighted by Crippen LogP contribution is -2.59. The normalized spacial score (nSPS) is 18.5. The van der Waals surface area contributed by atoms with Crippen molar-refractivity contribution in [2.45, 2.75) is 44.8 Å². The summed E-state index contributed by atoms with van der Waals surface area (Å²) in [6.07, 6.45) is 0.905. The van der Waals surface area contributed by atoms with Gasteiger partial charge in [-0.2, -0.15) is 0 Å². The van der Waals surface area contributed by atoms with Gasteiger partial charge in [0.15, 0.2) is 0 Å². The standard InChI is InChI=1S/C9H15NO4/c1-6(2)14-8(13)10-9(7(11)12)4-3-5-9/h6H,3-5H2,1-2H3,(H,10,13)(H,11,12). The monoisotopic (exact) mass is 201 g/mol. The number of alkyl carbamates (subject to hydrolysis) is 1. The van der Waals surface area contributed by atoms with Gasteiger partial charge in [0.05, 0.1) is 6.10 Å². The quantitative estimate of drug-likeness (QED) is 0.717. The van der Waals surface area contributed by atoms with Crippen LogP contribution < -0.4 is 5.32 Å². The predicted octanol–water partition coefficient (Wildman–Crippen LogP) is 1.13. The van der Waals surface area contributed by atoms with Crippen LogP contribution in [0.4, 0.5) is 4.79 Å². The highest BCUT2D eigenvalue weighted by Gasteiger charge is 2.46. The van der Waals surface area contributed by atoms with E-state index in [-0.39, 0.29) is 6.10 Å². The number of carboxylic acids is 1. The van der Waals surface area contributed by atoms with Crippen molar-refractivity contribution in [2.75, 3.05) is 0 Å². The van der Waals surface area contributed by atoms with Gasteiger partial charge in [0.25, 0.3) is 0 Å². The first-order valence-electron chi connectivity index (χ1n) is 4.68. The minimum atomic E-state index is -1.08. The zero-order valence-corrected chi connectivity index (χ0v) is 8.37. The summed E-state index contributed by atoms with van der Waals surface area (Å²) in [5, 5.41) is 11.3. The highest BCUT2D eigenvalue weighted by atomic mass is 16.6. The molecule has 5 heteroatoms. The Morgan fingerprint density at radius 2 is 2.00 bits per heavy atom. The van der Waals surface area contributed by atoms with Crippen LogP contribution in [0.2, 0.25) is 0 Å². The first kappa shape index (κ1) is 10.8. The van der Waals surface area contributed by atoms with Crippen molar-refractivity contribution in [3.63, 3.8) is 0 Å². The lowest BCUT2D eigenvalue weighted by atomic mass is 9.77. The average molecular weight is 201 g/mol. The van der Waals surface area contributed by atoms with Crippen molar-refractivity contribution in [1.29, 1.82) is 0 Å². The number of amides is 1. The predicted molar refractivity (Wildman–Crippen MR) is 49.0 cm³/mol. The van der Waals surface area contributed by atoms with E-state index < -0.39 is 17.6 Å². The fourth-order valence-corrected chi connectivity index (χ4v) is 1.36. The smallest absolute Gasteiger partial charge is 0.408 e. The van der Waals surface area contributed by atoms with E-state index in [0.717, 1.165) is 6.42 Å². The Balaban J connectivity index is 2.49. The summed E-state index contributed by atoms with van der Waals surface area (Å²) in [6.45, 7) is 3.43. The van der Waals surface area contributed by atoms with Crippen LogP contribution in [0.25, 0.3) is 0 Å². The first-order valence-corrected chi connectivity index (χ1v) is 4.68. The molecule has 0 aromatic heterocycles. The first-order chi connectivity index (χ1) is 6.46. The minimum absolute atomic E-state index is 0.235. The van der Waals surface area contributed by atoms with Gasteiger partial charge >= 0.3 is 12.1 Å². The number of hydrogen-bond acceptors (Lipinski definition) is 3. The zero-order valence-electron chi connectivity index (χ0n) is 8.37. The topological polar surface area (TPSA) is 75.6 Å². The van der Waals surface area contributed by atoms with E-state index in [0.29, 0.717) is 12.8 Å². The van der Waals surface area contributed by atoms with Crippen molar-refractivity contribution < 1.29 is 19.4 Å². The van der Waals surface area contributed by atoms with Crippen LogP contribution in [0, 0.1) is 0 Å². The SMILES string of the molecule is CC(C)OC(=O)NC1(C(=O)O)CCC1. The van der Waals surface area contributed by atoms with Gasteiger partial charge in [0.2, 0.25) is 0 Å².